The van der Waals surface area contributed by atoms with Gasteiger partial charge in [0, 0.05) is 46.5 Å². The van der Waals surface area contributed by atoms with E-state index in [-0.39, 0.29) is 125 Å². The van der Waals surface area contributed by atoms with Crippen LogP contribution in [0.15, 0.2) is 127 Å². The molecule has 0 spiro atoms. The van der Waals surface area contributed by atoms with Gasteiger partial charge in [-0.3, -0.25) is 9.59 Å². The second-order valence-electron chi connectivity index (χ2n) is 25.6. The standard InChI is InChI=1S/C39H36F6O7.C20H22F6N2O2.C16H6O7.CO2/c1-7-33(46)27-13-12-26(17-30(27)35(48)49)52-25-10-8-23(9-11-25)34(47)16-24-15-21(3)29(19-32(24)37(6,51)39(43,44)45)28-18-31(22(4)14-20(28)2)36(5,50)38(40,41)42;1-9-5-15(27)13(17(3,29)19(21,22)23)7-11(9)12-8-14(16(28)6-10(12)2)18(4,30)20(24,25)26;17-13-9-3-1-7(5-11(9)15(19)22-13)21-8-2-4-10-12(6-8)16(20)23-14(10)18;2-1-3/h8-15,17-19,50-51H,7,16H2,1-6H3,(H,48,49);5-8,29-30H,27-28H2,1-4H3;1-6H;. The number of halogens is 12. The van der Waals surface area contributed by atoms with Gasteiger partial charge in [0.1, 0.15) is 23.0 Å². The van der Waals surface area contributed by atoms with Gasteiger partial charge in [-0.05, 0) is 244 Å². The van der Waals surface area contributed by atoms with Crippen molar-refractivity contribution >= 4 is 58.9 Å². The topological polar surface area (TPSA) is 344 Å². The third kappa shape index (κ3) is 17.1. The van der Waals surface area contributed by atoms with Crippen LogP contribution in [0.4, 0.5) is 64.1 Å². The summed E-state index contributed by atoms with van der Waals surface area (Å²) in [5.74, 6) is -4.36. The predicted octanol–water partition coefficient (Wildman–Crippen LogP) is 15.5. The van der Waals surface area contributed by atoms with Crippen LogP contribution in [0.3, 0.4) is 0 Å². The van der Waals surface area contributed by atoms with Crippen molar-refractivity contribution in [2.24, 2.45) is 0 Å². The monoisotopic (exact) mass is 1520 g/mol. The second kappa shape index (κ2) is 30.7. The van der Waals surface area contributed by atoms with E-state index in [1.165, 1.54) is 131 Å². The minimum absolute atomic E-state index is 0.0174. The average molecular weight is 1520 g/mol. The molecule has 0 amide bonds. The number of carboxylic acids is 1. The lowest BCUT2D eigenvalue weighted by molar-refractivity contribution is -0.259. The molecule has 4 atom stereocenters. The zero-order valence-corrected chi connectivity index (χ0v) is 58.3. The number of anilines is 2. The van der Waals surface area contributed by atoms with E-state index in [2.05, 4.69) is 9.47 Å². The fourth-order valence-electron chi connectivity index (χ4n) is 11.5. The Bertz CT molecular complexity index is 4830. The second-order valence-corrected chi connectivity index (χ2v) is 25.6. The largest absolute Gasteiger partial charge is 0.478 e. The molecule has 8 aromatic carbocycles. The Labute approximate surface area is 605 Å². The number of rotatable bonds is 16. The lowest BCUT2D eigenvalue weighted by atomic mass is 9.81. The Balaban J connectivity index is 0.000000243. The number of esters is 4. The molecule has 2 aliphatic heterocycles. The van der Waals surface area contributed by atoms with Crippen molar-refractivity contribution in [3.8, 4) is 45.3 Å². The van der Waals surface area contributed by atoms with Crippen LogP contribution in [0.1, 0.15) is 169 Å². The van der Waals surface area contributed by atoms with E-state index < -0.39 is 111 Å². The van der Waals surface area contributed by atoms with Crippen molar-refractivity contribution in [1.29, 1.82) is 0 Å². The number of ketones is 2. The predicted molar refractivity (Wildman–Crippen MR) is 359 cm³/mol. The highest BCUT2D eigenvalue weighted by Crippen LogP contribution is 2.49. The van der Waals surface area contributed by atoms with Gasteiger partial charge in [-0.1, -0.05) is 19.1 Å². The van der Waals surface area contributed by atoms with Crippen LogP contribution in [-0.2, 0) is 47.9 Å². The van der Waals surface area contributed by atoms with E-state index in [4.69, 9.17) is 30.5 Å². The van der Waals surface area contributed by atoms with Gasteiger partial charge in [0.05, 0.1) is 27.8 Å². The number of nitrogens with two attached hydrogens (primary N) is 2. The van der Waals surface area contributed by atoms with Crippen LogP contribution in [-0.4, -0.2) is 97.8 Å². The van der Waals surface area contributed by atoms with E-state index in [9.17, 15) is 112 Å². The highest BCUT2D eigenvalue weighted by atomic mass is 19.4. The summed E-state index contributed by atoms with van der Waals surface area (Å²) in [4.78, 5) is 99.3. The summed E-state index contributed by atoms with van der Waals surface area (Å²) in [5.41, 5.74) is -2.93. The summed E-state index contributed by atoms with van der Waals surface area (Å²) in [6, 6.07) is 27.1. The third-order valence-corrected chi connectivity index (χ3v) is 17.8. The van der Waals surface area contributed by atoms with E-state index >= 15 is 0 Å². The minimum Gasteiger partial charge on any atom is -0.478 e. The molecule has 0 fully saturated rings. The lowest BCUT2D eigenvalue weighted by Gasteiger charge is -2.31. The number of carbonyl (C=O) groups excluding carboxylic acids is 8. The third-order valence-electron chi connectivity index (χ3n) is 17.8. The molecule has 570 valence electrons. The van der Waals surface area contributed by atoms with Gasteiger partial charge in [0.15, 0.2) is 34.0 Å². The maximum Gasteiger partial charge on any atom is 0.421 e. The van der Waals surface area contributed by atoms with Crippen LogP contribution in [0.2, 0.25) is 0 Å². The Hall–Kier alpha value is -11.6. The molecule has 2 heterocycles. The van der Waals surface area contributed by atoms with Crippen molar-refractivity contribution in [3.63, 3.8) is 0 Å². The van der Waals surface area contributed by atoms with Crippen LogP contribution in [0, 0.1) is 34.6 Å². The smallest absolute Gasteiger partial charge is 0.421 e. The number of carboxylic acid groups (broad SMARTS) is 1. The molecule has 9 N–H and O–H groups in total. The van der Waals surface area contributed by atoms with E-state index in [1.807, 2.05) is 0 Å². The first-order valence-corrected chi connectivity index (χ1v) is 31.6. The van der Waals surface area contributed by atoms with Crippen molar-refractivity contribution in [3.05, 3.63) is 222 Å². The number of Topliss-reactive ketones (excluding diaryl/α,β-unsaturated/α-hetero) is 2. The zero-order chi connectivity index (χ0) is 81.4. The summed E-state index contributed by atoms with van der Waals surface area (Å²) in [6.07, 6.45) is -20.6. The quantitative estimate of drug-likeness (QED) is 0.0155. The Kier molecular flexibility index (Phi) is 23.8. The van der Waals surface area contributed by atoms with Gasteiger partial charge in [0.25, 0.3) is 0 Å². The summed E-state index contributed by atoms with van der Waals surface area (Å²) < 4.78 is 185. The highest BCUT2D eigenvalue weighted by Gasteiger charge is 2.56. The minimum atomic E-state index is -5.22. The normalized spacial score (nSPS) is 14.9. The van der Waals surface area contributed by atoms with E-state index in [1.54, 1.807) is 13.8 Å². The molecule has 0 saturated heterocycles. The number of hydrogen-bond donors (Lipinski definition) is 7. The fraction of sp³-hybridized carbons (Fsp3) is 0.263. The van der Waals surface area contributed by atoms with Crippen LogP contribution in [0.5, 0.6) is 23.0 Å². The number of aryl methyl sites for hydroxylation is 5. The molecule has 0 aromatic heterocycles. The van der Waals surface area contributed by atoms with Crippen LogP contribution in [0.25, 0.3) is 22.3 Å². The zero-order valence-electron chi connectivity index (χ0n) is 58.3. The van der Waals surface area contributed by atoms with Gasteiger partial charge in [-0.25, -0.2) is 24.0 Å². The molecule has 4 unspecified atom stereocenters. The number of alkyl halides is 12. The first-order chi connectivity index (χ1) is 49.7. The molecule has 0 saturated carbocycles. The Morgan fingerprint density at radius 2 is 0.722 bits per heavy atom. The number of benzene rings is 8. The number of aromatic carboxylic acids is 1. The SMILES string of the molecule is CCC(=O)c1ccc(Oc2ccc(C(=O)Cc3cc(C)c(-c4cc(C(C)(O)C(F)(F)F)c(C)cc4C)cc3C(C)(O)C(F)(F)F)cc2)cc1C(=O)O.Cc1cc(N)c(C(C)(O)C(F)(F)F)cc1-c1cc(C(C)(O)C(F)(F)F)c(N)cc1C.O=C1OC(=O)c2cc(Oc3ccc4c(c3)C(=O)OC4=O)ccc21.O=C=O. The maximum absolute atomic E-state index is 14.3. The number of cyclic esters (lactones) is 4. The van der Waals surface area contributed by atoms with Crippen molar-refractivity contribution < 1.29 is 140 Å². The molecule has 0 radical (unpaired) electrons. The molecule has 2 aliphatic rings. The summed E-state index contributed by atoms with van der Waals surface area (Å²) in [6.45, 7) is 11.2. The number of carbonyl (C=O) groups is 7. The number of fused-ring (bicyclic) bond motifs is 2. The van der Waals surface area contributed by atoms with Gasteiger partial charge in [0.2, 0.25) is 0 Å². The fourth-order valence-corrected chi connectivity index (χ4v) is 11.5. The molecule has 0 aliphatic carbocycles. The molecule has 0 bridgehead atoms. The Morgan fingerprint density at radius 1 is 0.398 bits per heavy atom. The van der Waals surface area contributed by atoms with Gasteiger partial charge < -0.3 is 55.9 Å². The molecular formula is C76H64F12N2O18. The molecule has 32 heteroatoms. The molecule has 10 rings (SSSR count). The average Bonchev–Trinajstić information content (AvgIpc) is 1.06. The number of aliphatic hydroxyl groups is 4. The number of ether oxygens (including phenoxy) is 4. The van der Waals surface area contributed by atoms with Crippen LogP contribution < -0.4 is 20.9 Å². The highest BCUT2D eigenvalue weighted by molar-refractivity contribution is 6.16. The molecule has 20 nitrogen and oxygen atoms in total. The number of nitrogen functional groups attached to an aromatic ring is 2. The molecule has 108 heavy (non-hydrogen) atoms. The van der Waals surface area contributed by atoms with E-state index in [0.29, 0.717) is 49.9 Å². The van der Waals surface area contributed by atoms with Crippen molar-refractivity contribution in [2.45, 2.75) is 129 Å². The maximum atomic E-state index is 14.3. The van der Waals surface area contributed by atoms with E-state index in [0.717, 1.165) is 24.3 Å². The first kappa shape index (κ1) is 83.7. The summed E-state index contributed by atoms with van der Waals surface area (Å²) in [7, 11) is 0. The lowest BCUT2D eigenvalue weighted by Crippen LogP contribution is -2.40. The van der Waals surface area contributed by atoms with Gasteiger partial charge >= 0.3 is 60.7 Å². The first-order valence-electron chi connectivity index (χ1n) is 31.6. The summed E-state index contributed by atoms with van der Waals surface area (Å²) in [5, 5.41) is 50.9. The molecular weight excluding hydrogens is 1460 g/mol. The van der Waals surface area contributed by atoms with Crippen LogP contribution >= 0.6 is 0 Å². The van der Waals surface area contributed by atoms with Gasteiger partial charge in [-0.2, -0.15) is 62.3 Å². The van der Waals surface area contributed by atoms with Crippen molar-refractivity contribution in [2.75, 3.05) is 11.5 Å². The van der Waals surface area contributed by atoms with Gasteiger partial charge in [-0.15, -0.1) is 0 Å². The summed E-state index contributed by atoms with van der Waals surface area (Å²) >= 11 is 0. The Morgan fingerprint density at radius 3 is 1.12 bits per heavy atom. The number of hydrogen-bond acceptors (Lipinski definition) is 19. The van der Waals surface area contributed by atoms with Crippen molar-refractivity contribution in [1.82, 2.24) is 0 Å². The molecule has 8 aromatic rings.